The zero-order valence-corrected chi connectivity index (χ0v) is 22.0. The minimum Gasteiger partial charge on any atom is -0.497 e. The van der Waals surface area contributed by atoms with Crippen LogP contribution in [0.3, 0.4) is 0 Å². The first-order chi connectivity index (χ1) is 19.8. The third-order valence-corrected chi connectivity index (χ3v) is 6.46. The van der Waals surface area contributed by atoms with Crippen molar-refractivity contribution in [2.45, 2.75) is 24.7 Å². The Labute approximate surface area is 236 Å². The summed E-state index contributed by atoms with van der Waals surface area (Å²) in [6.07, 6.45) is -11.5. The minimum atomic E-state index is -5.77. The zero-order valence-electron chi connectivity index (χ0n) is 22.0. The van der Waals surface area contributed by atoms with Gasteiger partial charge in [-0.25, -0.2) is 4.79 Å². The van der Waals surface area contributed by atoms with Gasteiger partial charge in [0.15, 0.2) is 5.78 Å². The van der Waals surface area contributed by atoms with Crippen molar-refractivity contribution < 1.29 is 50.1 Å². The van der Waals surface area contributed by atoms with E-state index in [0.717, 1.165) is 24.3 Å². The lowest BCUT2D eigenvalue weighted by molar-refractivity contribution is -0.288. The van der Waals surface area contributed by atoms with Crippen LogP contribution in [0.15, 0.2) is 97.1 Å². The Morgan fingerprint density at radius 2 is 0.929 bits per heavy atom. The summed E-state index contributed by atoms with van der Waals surface area (Å²) in [6, 6.07) is 18.5. The summed E-state index contributed by atoms with van der Waals surface area (Å²) in [5.41, 5.74) is -5.94. The van der Waals surface area contributed by atoms with Crippen LogP contribution in [0.2, 0.25) is 0 Å². The molecule has 0 saturated heterocycles. The van der Waals surface area contributed by atoms with Gasteiger partial charge in [-0.2, -0.15) is 26.3 Å². The van der Waals surface area contributed by atoms with Crippen LogP contribution in [-0.2, 0) is 5.41 Å². The molecule has 0 amide bonds. The molecule has 0 unspecified atom stereocenters. The van der Waals surface area contributed by atoms with Gasteiger partial charge < -0.3 is 14.2 Å². The van der Waals surface area contributed by atoms with Crippen LogP contribution in [0.1, 0.15) is 38.8 Å². The van der Waals surface area contributed by atoms with Crippen molar-refractivity contribution in [1.29, 1.82) is 0 Å². The predicted octanol–water partition coefficient (Wildman–Crippen LogP) is 8.32. The summed E-state index contributed by atoms with van der Waals surface area (Å²) in [6.45, 7) is 1.43. The monoisotopic (exact) mass is 588 g/mol. The summed E-state index contributed by atoms with van der Waals surface area (Å²) >= 11 is 0. The second-order valence-electron chi connectivity index (χ2n) is 9.09. The standard InChI is InChI=1S/C31H22F6O5/c1-19(38)20-3-11-25(12-4-20)41-26-13-5-21(6-14-26)28(39)42-27-17-9-23(10-18-27)29(30(32,33)34,31(35,36)37)22-7-15-24(40-2)16-8-22/h3-18H,1-2H3. The van der Waals surface area contributed by atoms with Gasteiger partial charge in [0.2, 0.25) is 5.41 Å². The fourth-order valence-electron chi connectivity index (χ4n) is 4.31. The summed E-state index contributed by atoms with van der Waals surface area (Å²) in [4.78, 5) is 24.0. The van der Waals surface area contributed by atoms with E-state index in [9.17, 15) is 35.9 Å². The largest absolute Gasteiger partial charge is 0.497 e. The van der Waals surface area contributed by atoms with Gasteiger partial charge in [-0.3, -0.25) is 4.79 Å². The molecule has 11 heteroatoms. The van der Waals surface area contributed by atoms with Gasteiger partial charge in [0.25, 0.3) is 0 Å². The number of hydrogen-bond donors (Lipinski definition) is 0. The molecule has 0 aliphatic rings. The number of alkyl halides is 6. The van der Waals surface area contributed by atoms with Crippen LogP contribution >= 0.6 is 0 Å². The first-order valence-electron chi connectivity index (χ1n) is 12.3. The highest BCUT2D eigenvalue weighted by molar-refractivity contribution is 5.94. The molecule has 0 fully saturated rings. The molecule has 42 heavy (non-hydrogen) atoms. The van der Waals surface area contributed by atoms with E-state index >= 15 is 0 Å². The first-order valence-corrected chi connectivity index (χ1v) is 12.3. The van der Waals surface area contributed by atoms with Gasteiger partial charge in [0, 0.05) is 5.56 Å². The third kappa shape index (κ3) is 5.95. The maximum absolute atomic E-state index is 14.3. The Hall–Kier alpha value is -4.80. The second-order valence-corrected chi connectivity index (χ2v) is 9.09. The molecule has 0 aliphatic heterocycles. The van der Waals surface area contributed by atoms with Crippen LogP contribution in [0.5, 0.6) is 23.0 Å². The van der Waals surface area contributed by atoms with Crippen LogP contribution in [0.25, 0.3) is 0 Å². The van der Waals surface area contributed by atoms with E-state index in [1.54, 1.807) is 24.3 Å². The lowest BCUT2D eigenvalue weighted by Gasteiger charge is -2.38. The Morgan fingerprint density at radius 1 is 0.548 bits per heavy atom. The third-order valence-electron chi connectivity index (χ3n) is 6.46. The first kappa shape index (κ1) is 30.2. The summed E-state index contributed by atoms with van der Waals surface area (Å²) < 4.78 is 102. The van der Waals surface area contributed by atoms with Crippen molar-refractivity contribution in [3.05, 3.63) is 119 Å². The van der Waals surface area contributed by atoms with Gasteiger partial charge in [0.1, 0.15) is 23.0 Å². The molecule has 0 aromatic heterocycles. The van der Waals surface area contributed by atoms with Crippen molar-refractivity contribution in [1.82, 2.24) is 0 Å². The van der Waals surface area contributed by atoms with E-state index < -0.39 is 34.9 Å². The van der Waals surface area contributed by atoms with E-state index in [0.29, 0.717) is 41.3 Å². The highest BCUT2D eigenvalue weighted by Gasteiger charge is 2.72. The Bertz CT molecular complexity index is 1530. The Balaban J connectivity index is 1.54. The summed E-state index contributed by atoms with van der Waals surface area (Å²) in [7, 11) is 1.23. The van der Waals surface area contributed by atoms with E-state index in [2.05, 4.69) is 0 Å². The number of carbonyl (C=O) groups excluding carboxylic acids is 2. The number of Topliss-reactive ketones (excluding diaryl/α,β-unsaturated/α-hetero) is 1. The van der Waals surface area contributed by atoms with Crippen molar-refractivity contribution >= 4 is 11.8 Å². The molecule has 0 aliphatic carbocycles. The highest BCUT2D eigenvalue weighted by atomic mass is 19.4. The smallest absolute Gasteiger partial charge is 0.411 e. The van der Waals surface area contributed by atoms with Gasteiger partial charge in [0.05, 0.1) is 12.7 Å². The van der Waals surface area contributed by atoms with Crippen molar-refractivity contribution in [3.8, 4) is 23.0 Å². The van der Waals surface area contributed by atoms with Crippen LogP contribution in [0.4, 0.5) is 26.3 Å². The molecular weight excluding hydrogens is 566 g/mol. The molecular formula is C31H22F6O5. The molecule has 0 N–H and O–H groups in total. The van der Waals surface area contributed by atoms with Gasteiger partial charge in [-0.05, 0) is 90.8 Å². The molecule has 0 heterocycles. The number of benzene rings is 4. The topological polar surface area (TPSA) is 61.8 Å². The molecule has 4 rings (SSSR count). The Kier molecular flexibility index (Phi) is 8.33. The Morgan fingerprint density at radius 3 is 1.31 bits per heavy atom. The molecule has 0 radical (unpaired) electrons. The molecule has 0 spiro atoms. The van der Waals surface area contributed by atoms with E-state index in [-0.39, 0.29) is 22.8 Å². The molecule has 0 bridgehead atoms. The number of hydrogen-bond acceptors (Lipinski definition) is 5. The number of rotatable bonds is 8. The van der Waals surface area contributed by atoms with E-state index in [4.69, 9.17) is 14.2 Å². The fourth-order valence-corrected chi connectivity index (χ4v) is 4.31. The van der Waals surface area contributed by atoms with Crippen molar-refractivity contribution in [2.75, 3.05) is 7.11 Å². The van der Waals surface area contributed by atoms with Gasteiger partial charge >= 0.3 is 18.3 Å². The number of methoxy groups -OCH3 is 1. The van der Waals surface area contributed by atoms with E-state index in [1.807, 2.05) is 0 Å². The molecule has 0 atom stereocenters. The summed E-state index contributed by atoms with van der Waals surface area (Å²) in [5.74, 6) is -0.367. The van der Waals surface area contributed by atoms with Crippen molar-refractivity contribution in [3.63, 3.8) is 0 Å². The lowest BCUT2D eigenvalue weighted by atomic mass is 9.73. The average Bonchev–Trinajstić information content (AvgIpc) is 2.94. The molecule has 218 valence electrons. The number of ether oxygens (including phenoxy) is 3. The van der Waals surface area contributed by atoms with Crippen LogP contribution in [-0.4, -0.2) is 31.2 Å². The molecule has 4 aromatic carbocycles. The maximum Gasteiger partial charge on any atom is 0.411 e. The average molecular weight is 589 g/mol. The number of ketones is 1. The fraction of sp³-hybridized carbons (Fsp3) is 0.161. The normalized spacial score (nSPS) is 12.0. The molecule has 4 aromatic rings. The SMILES string of the molecule is COc1ccc(C(c2ccc(OC(=O)c3ccc(Oc4ccc(C(C)=O)cc4)cc3)cc2)(C(F)(F)F)C(F)(F)F)cc1. The van der Waals surface area contributed by atoms with Gasteiger partial charge in [-0.15, -0.1) is 0 Å². The maximum atomic E-state index is 14.3. The number of esters is 1. The van der Waals surface area contributed by atoms with Gasteiger partial charge in [-0.1, -0.05) is 24.3 Å². The van der Waals surface area contributed by atoms with E-state index in [1.165, 1.54) is 38.3 Å². The summed E-state index contributed by atoms with van der Waals surface area (Å²) in [5, 5.41) is 0. The number of halogens is 6. The number of carbonyl (C=O) groups is 2. The van der Waals surface area contributed by atoms with Crippen molar-refractivity contribution in [2.24, 2.45) is 0 Å². The lowest BCUT2D eigenvalue weighted by Crippen LogP contribution is -2.54. The molecule has 5 nitrogen and oxygen atoms in total. The van der Waals surface area contributed by atoms with Crippen LogP contribution in [0, 0.1) is 0 Å². The molecule has 0 saturated carbocycles. The minimum absolute atomic E-state index is 0.0523. The predicted molar refractivity (Wildman–Crippen MR) is 140 cm³/mol. The zero-order chi connectivity index (χ0) is 30.7. The second kappa shape index (κ2) is 11.6. The van der Waals surface area contributed by atoms with Crippen LogP contribution < -0.4 is 14.2 Å². The quantitative estimate of drug-likeness (QED) is 0.0897. The highest BCUT2D eigenvalue weighted by Crippen LogP contribution is 2.56.